The zero-order valence-electron chi connectivity index (χ0n) is 16.8. The molecule has 2 fully saturated rings. The number of nitriles is 1. The second-order valence-electron chi connectivity index (χ2n) is 7.97. The van der Waals surface area contributed by atoms with Crippen molar-refractivity contribution in [2.24, 2.45) is 13.0 Å². The van der Waals surface area contributed by atoms with E-state index in [4.69, 9.17) is 11.6 Å². The number of hydrogen-bond acceptors (Lipinski definition) is 7. The van der Waals surface area contributed by atoms with Crippen LogP contribution in [0.1, 0.15) is 23.4 Å². The van der Waals surface area contributed by atoms with Crippen molar-refractivity contribution >= 4 is 44.8 Å². The van der Waals surface area contributed by atoms with Gasteiger partial charge in [-0.1, -0.05) is 11.6 Å². The molecule has 0 aromatic carbocycles. The van der Waals surface area contributed by atoms with Crippen LogP contribution < -0.4 is 15.4 Å². The lowest BCUT2D eigenvalue weighted by atomic mass is 9.92. The Hall–Kier alpha value is -2.63. The van der Waals surface area contributed by atoms with Gasteiger partial charge in [-0.3, -0.25) is 4.79 Å². The van der Waals surface area contributed by atoms with Crippen LogP contribution in [0.2, 0.25) is 5.02 Å². The van der Waals surface area contributed by atoms with Gasteiger partial charge >= 0.3 is 0 Å². The Morgan fingerprint density at radius 2 is 2.13 bits per heavy atom. The molecule has 2 aliphatic rings. The molecule has 2 aliphatic heterocycles. The molecule has 2 saturated heterocycles. The zero-order chi connectivity index (χ0) is 21.0. The van der Waals surface area contributed by atoms with Gasteiger partial charge < -0.3 is 14.4 Å². The average molecular weight is 441 g/mol. The van der Waals surface area contributed by atoms with Crippen molar-refractivity contribution in [3.05, 3.63) is 44.3 Å². The molecule has 154 valence electrons. The van der Waals surface area contributed by atoms with Crippen LogP contribution in [0.3, 0.4) is 0 Å². The maximum Gasteiger partial charge on any atom is 0.271 e. The van der Waals surface area contributed by atoms with Gasteiger partial charge in [0.15, 0.2) is 0 Å². The lowest BCUT2D eigenvalue weighted by Gasteiger charge is -2.39. The first-order valence-electron chi connectivity index (χ1n) is 10.0. The summed E-state index contributed by atoms with van der Waals surface area (Å²) in [5, 5.41) is 11.3. The Morgan fingerprint density at radius 1 is 1.30 bits per heavy atom. The highest BCUT2D eigenvalue weighted by Gasteiger charge is 2.40. The quantitative estimate of drug-likeness (QED) is 0.608. The smallest absolute Gasteiger partial charge is 0.271 e. The van der Waals surface area contributed by atoms with Crippen molar-refractivity contribution in [3.8, 4) is 6.07 Å². The van der Waals surface area contributed by atoms with Crippen LogP contribution in [0.15, 0.2) is 23.1 Å². The molecule has 0 saturated carbocycles. The number of fused-ring (bicyclic) bond motifs is 2. The maximum atomic E-state index is 12.8. The lowest BCUT2D eigenvalue weighted by Crippen LogP contribution is -2.47. The number of pyridine rings is 2. The molecule has 0 bridgehead atoms. The standard InChI is InChI=1S/C21H21ClN6OS/c1-12-25-18-19(15(9-23)20(29)26(2)21(18)30-12)27-7-6-16-13(11-27)5-8-28(16)17-4-3-14(22)10-24-17/h3-4,10,13,16H,5-8,11H2,1-2H3/t13-,16+/m1/s1. The number of hydrogen-bond donors (Lipinski definition) is 0. The summed E-state index contributed by atoms with van der Waals surface area (Å²) in [6, 6.07) is 6.42. The summed E-state index contributed by atoms with van der Waals surface area (Å²) in [5.74, 6) is 1.41. The molecule has 5 heterocycles. The molecular formula is C21H21ClN6OS. The second kappa shape index (κ2) is 7.25. The minimum absolute atomic E-state index is 0.197. The van der Waals surface area contributed by atoms with Crippen LogP contribution in [0.4, 0.5) is 11.5 Å². The summed E-state index contributed by atoms with van der Waals surface area (Å²) in [5.41, 5.74) is 1.43. The molecule has 0 N–H and O–H groups in total. The molecule has 30 heavy (non-hydrogen) atoms. The van der Waals surface area contributed by atoms with E-state index in [-0.39, 0.29) is 11.1 Å². The molecule has 0 radical (unpaired) electrons. The largest absolute Gasteiger partial charge is 0.368 e. The van der Waals surface area contributed by atoms with Crippen LogP contribution in [0, 0.1) is 24.2 Å². The molecule has 0 aliphatic carbocycles. The van der Waals surface area contributed by atoms with Gasteiger partial charge in [0, 0.05) is 38.9 Å². The minimum Gasteiger partial charge on any atom is -0.368 e. The van der Waals surface area contributed by atoms with Crippen LogP contribution in [-0.4, -0.2) is 40.2 Å². The number of thiazole rings is 1. The van der Waals surface area contributed by atoms with Crippen LogP contribution in [0.25, 0.3) is 10.3 Å². The van der Waals surface area contributed by atoms with E-state index < -0.39 is 0 Å². The molecule has 3 aromatic rings. The molecule has 3 aromatic heterocycles. The van der Waals surface area contributed by atoms with Gasteiger partial charge in [-0.25, -0.2) is 9.97 Å². The third kappa shape index (κ3) is 2.96. The summed E-state index contributed by atoms with van der Waals surface area (Å²) in [6.07, 6.45) is 3.69. The van der Waals surface area contributed by atoms with E-state index >= 15 is 0 Å². The summed E-state index contributed by atoms with van der Waals surface area (Å²) in [6.45, 7) is 4.47. The van der Waals surface area contributed by atoms with Gasteiger partial charge in [-0.15, -0.1) is 11.3 Å². The Balaban J connectivity index is 1.50. The number of nitrogens with zero attached hydrogens (tertiary/aromatic N) is 6. The first-order chi connectivity index (χ1) is 14.5. The minimum atomic E-state index is -0.246. The van der Waals surface area contributed by atoms with Gasteiger partial charge in [0.25, 0.3) is 5.56 Å². The van der Waals surface area contributed by atoms with E-state index in [1.54, 1.807) is 17.8 Å². The van der Waals surface area contributed by atoms with E-state index in [0.717, 1.165) is 53.6 Å². The van der Waals surface area contributed by atoms with Crippen molar-refractivity contribution in [1.82, 2.24) is 14.5 Å². The Morgan fingerprint density at radius 3 is 2.87 bits per heavy atom. The molecular weight excluding hydrogens is 420 g/mol. The zero-order valence-corrected chi connectivity index (χ0v) is 18.4. The summed E-state index contributed by atoms with van der Waals surface area (Å²) in [4.78, 5) is 27.4. The van der Waals surface area contributed by atoms with Crippen LogP contribution in [-0.2, 0) is 7.05 Å². The normalized spacial score (nSPS) is 21.1. The summed E-state index contributed by atoms with van der Waals surface area (Å²) < 4.78 is 1.55. The topological polar surface area (TPSA) is 78.1 Å². The summed E-state index contributed by atoms with van der Waals surface area (Å²) >= 11 is 7.50. The molecule has 5 rings (SSSR count). The Labute approximate surface area is 183 Å². The fourth-order valence-corrected chi connectivity index (χ4v) is 5.88. The highest BCUT2D eigenvalue weighted by Crippen LogP contribution is 2.39. The van der Waals surface area contributed by atoms with E-state index in [9.17, 15) is 10.1 Å². The lowest BCUT2D eigenvalue weighted by molar-refractivity contribution is 0.395. The molecule has 0 spiro atoms. The number of aromatic nitrogens is 3. The fraction of sp³-hybridized carbons (Fsp3) is 0.429. The first kappa shape index (κ1) is 19.3. The highest BCUT2D eigenvalue weighted by atomic mass is 35.5. The van der Waals surface area contributed by atoms with Crippen LogP contribution in [0.5, 0.6) is 0 Å². The predicted molar refractivity (Wildman–Crippen MR) is 120 cm³/mol. The monoisotopic (exact) mass is 440 g/mol. The number of anilines is 2. The van der Waals surface area contributed by atoms with Gasteiger partial charge in [0.05, 0.1) is 15.7 Å². The van der Waals surface area contributed by atoms with E-state index in [1.165, 1.54) is 11.3 Å². The Kier molecular flexibility index (Phi) is 4.68. The number of halogens is 1. The first-order valence-corrected chi connectivity index (χ1v) is 11.2. The van der Waals surface area contributed by atoms with Crippen molar-refractivity contribution in [2.75, 3.05) is 29.4 Å². The van der Waals surface area contributed by atoms with E-state index in [1.807, 2.05) is 19.1 Å². The third-order valence-corrected chi connectivity index (χ3v) is 7.54. The number of piperidine rings is 1. The van der Waals surface area contributed by atoms with Crippen LogP contribution >= 0.6 is 22.9 Å². The SMILES string of the molecule is Cc1nc2c(N3CC[C@H]4[C@H](CCN4c4ccc(Cl)cn4)C3)c(C#N)c(=O)n(C)c2s1. The maximum absolute atomic E-state index is 12.8. The number of aryl methyl sites for hydroxylation is 2. The Bertz CT molecular complexity index is 1230. The third-order valence-electron chi connectivity index (χ3n) is 6.27. The van der Waals surface area contributed by atoms with Gasteiger partial charge in [0.1, 0.15) is 27.8 Å². The van der Waals surface area contributed by atoms with E-state index in [0.29, 0.717) is 22.7 Å². The second-order valence-corrected chi connectivity index (χ2v) is 9.58. The summed E-state index contributed by atoms with van der Waals surface area (Å²) in [7, 11) is 1.72. The fourth-order valence-electron chi connectivity index (χ4n) is 4.90. The van der Waals surface area contributed by atoms with Crippen molar-refractivity contribution < 1.29 is 0 Å². The average Bonchev–Trinajstić information content (AvgIpc) is 3.34. The number of rotatable bonds is 2. The highest BCUT2D eigenvalue weighted by molar-refractivity contribution is 7.18. The van der Waals surface area contributed by atoms with Gasteiger partial charge in [0.2, 0.25) is 0 Å². The van der Waals surface area contributed by atoms with Crippen molar-refractivity contribution in [3.63, 3.8) is 0 Å². The molecule has 0 amide bonds. The molecule has 2 atom stereocenters. The predicted octanol–water partition coefficient (Wildman–Crippen LogP) is 3.33. The molecule has 7 nitrogen and oxygen atoms in total. The van der Waals surface area contributed by atoms with Gasteiger partial charge in [-0.05, 0) is 37.8 Å². The molecule has 0 unspecified atom stereocenters. The van der Waals surface area contributed by atoms with Crippen molar-refractivity contribution in [1.29, 1.82) is 5.26 Å². The molecule has 9 heteroatoms. The van der Waals surface area contributed by atoms with Gasteiger partial charge in [-0.2, -0.15) is 5.26 Å². The van der Waals surface area contributed by atoms with Crippen molar-refractivity contribution in [2.45, 2.75) is 25.8 Å². The van der Waals surface area contributed by atoms with E-state index in [2.05, 4.69) is 25.8 Å².